The van der Waals surface area contributed by atoms with Gasteiger partial charge >= 0.3 is 6.09 Å². The van der Waals surface area contributed by atoms with Gasteiger partial charge in [0.1, 0.15) is 0 Å². The number of nitrogen functional groups attached to an aromatic ring is 1. The number of aryl methyl sites for hydroxylation is 1. The maximum atomic E-state index is 12.1. The molecule has 0 aliphatic carbocycles. The van der Waals surface area contributed by atoms with Crippen molar-refractivity contribution in [2.75, 3.05) is 50.6 Å². The number of methoxy groups -OCH3 is 1. The molecular weight excluding hydrogens is 318 g/mol. The number of ether oxygens (including phenoxy) is 2. The van der Waals surface area contributed by atoms with Gasteiger partial charge in [0.2, 0.25) is 0 Å². The van der Waals surface area contributed by atoms with E-state index in [1.54, 1.807) is 4.90 Å². The molecule has 6 nitrogen and oxygen atoms in total. The summed E-state index contributed by atoms with van der Waals surface area (Å²) in [5.74, 6) is 0. The van der Waals surface area contributed by atoms with Gasteiger partial charge in [-0.15, -0.1) is 0 Å². The molecule has 1 fully saturated rings. The Labute approximate surface area is 149 Å². The second-order valence-corrected chi connectivity index (χ2v) is 6.92. The molecule has 0 bridgehead atoms. The Morgan fingerprint density at radius 3 is 2.84 bits per heavy atom. The average Bonchev–Trinajstić information content (AvgIpc) is 2.64. The van der Waals surface area contributed by atoms with Gasteiger partial charge in [0.15, 0.2) is 0 Å². The number of rotatable bonds is 4. The molecule has 1 aromatic carbocycles. The fourth-order valence-electron chi connectivity index (χ4n) is 3.82. The van der Waals surface area contributed by atoms with Crippen LogP contribution in [0.15, 0.2) is 12.1 Å². The number of amides is 1. The van der Waals surface area contributed by atoms with Crippen LogP contribution in [0.2, 0.25) is 0 Å². The number of nitrogens with zero attached hydrogens (tertiary/aromatic N) is 2. The second-order valence-electron chi connectivity index (χ2n) is 6.92. The number of carbonyl (C=O) groups excluding carboxylic acids is 1. The Morgan fingerprint density at radius 1 is 1.36 bits per heavy atom. The minimum absolute atomic E-state index is 0.131. The molecule has 1 amide bonds. The molecule has 0 saturated carbocycles. The molecule has 2 N–H and O–H groups in total. The van der Waals surface area contributed by atoms with Gasteiger partial charge in [-0.05, 0) is 56.3 Å². The minimum Gasteiger partial charge on any atom is -0.452 e. The summed E-state index contributed by atoms with van der Waals surface area (Å²) >= 11 is 0. The zero-order valence-electron chi connectivity index (χ0n) is 15.3. The largest absolute Gasteiger partial charge is 0.452 e. The first kappa shape index (κ1) is 18.0. The Hall–Kier alpha value is -1.79. The van der Waals surface area contributed by atoms with Crippen LogP contribution in [0.3, 0.4) is 0 Å². The summed E-state index contributed by atoms with van der Waals surface area (Å²) in [6.07, 6.45) is 3.55. The predicted octanol–water partition coefficient (Wildman–Crippen LogP) is 2.44. The van der Waals surface area contributed by atoms with Crippen LogP contribution in [0.5, 0.6) is 0 Å². The molecular formula is C19H29N3O3. The first-order valence-electron chi connectivity index (χ1n) is 9.19. The van der Waals surface area contributed by atoms with E-state index in [0.29, 0.717) is 0 Å². The van der Waals surface area contributed by atoms with Gasteiger partial charge in [-0.25, -0.2) is 4.79 Å². The maximum Gasteiger partial charge on any atom is 0.414 e. The maximum absolute atomic E-state index is 12.1. The van der Waals surface area contributed by atoms with Gasteiger partial charge in [0, 0.05) is 24.8 Å². The van der Waals surface area contributed by atoms with Crippen LogP contribution < -0.4 is 10.6 Å². The van der Waals surface area contributed by atoms with Crippen molar-refractivity contribution in [3.05, 3.63) is 23.3 Å². The van der Waals surface area contributed by atoms with Crippen LogP contribution in [0.1, 0.15) is 30.9 Å². The highest BCUT2D eigenvalue weighted by atomic mass is 16.5. The van der Waals surface area contributed by atoms with Crippen molar-refractivity contribution in [1.29, 1.82) is 0 Å². The van der Waals surface area contributed by atoms with Gasteiger partial charge in [-0.2, -0.15) is 0 Å². The molecule has 0 radical (unpaired) electrons. The molecule has 1 aromatic rings. The summed E-state index contributed by atoms with van der Waals surface area (Å²) in [5, 5.41) is 0. The Balaban J connectivity index is 1.70. The van der Waals surface area contributed by atoms with Crippen molar-refractivity contribution in [3.63, 3.8) is 0 Å². The molecule has 6 heteroatoms. The molecule has 0 spiro atoms. The van der Waals surface area contributed by atoms with E-state index in [4.69, 9.17) is 15.2 Å². The molecule has 2 heterocycles. The lowest BCUT2D eigenvalue weighted by Crippen LogP contribution is -2.42. The number of anilines is 2. The highest BCUT2D eigenvalue weighted by Gasteiger charge is 2.30. The third-order valence-electron chi connectivity index (χ3n) is 5.33. The quantitative estimate of drug-likeness (QED) is 0.848. The smallest absolute Gasteiger partial charge is 0.414 e. The standard InChI is InChI=1S/C19H29N3O3/c1-14-5-7-16-17(22(14)19(23)24-2)8-6-15(18(16)20)4-3-9-21-10-12-25-13-11-21/h6,8,14H,3-5,7,9-13,20H2,1-2H3/t14-/m0/s1. The van der Waals surface area contributed by atoms with Crippen molar-refractivity contribution in [1.82, 2.24) is 4.90 Å². The van der Waals surface area contributed by atoms with Crippen LogP contribution in [-0.2, 0) is 22.3 Å². The minimum atomic E-state index is -0.312. The van der Waals surface area contributed by atoms with E-state index in [0.717, 1.165) is 75.5 Å². The van der Waals surface area contributed by atoms with Crippen LogP contribution in [-0.4, -0.2) is 57.0 Å². The van der Waals surface area contributed by atoms with E-state index in [2.05, 4.69) is 11.0 Å². The fraction of sp³-hybridized carbons (Fsp3) is 0.632. The first-order valence-corrected chi connectivity index (χ1v) is 9.19. The molecule has 1 saturated heterocycles. The number of carbonyl (C=O) groups is 1. The molecule has 0 unspecified atom stereocenters. The van der Waals surface area contributed by atoms with Crippen molar-refractivity contribution in [2.45, 2.75) is 38.6 Å². The van der Waals surface area contributed by atoms with Gasteiger partial charge in [0.25, 0.3) is 0 Å². The number of hydrogen-bond donors (Lipinski definition) is 1. The zero-order chi connectivity index (χ0) is 17.8. The Kier molecular flexibility index (Phi) is 5.81. The third-order valence-corrected chi connectivity index (χ3v) is 5.33. The highest BCUT2D eigenvalue weighted by molar-refractivity contribution is 5.91. The number of fused-ring (bicyclic) bond motifs is 1. The van der Waals surface area contributed by atoms with Crippen LogP contribution in [0.25, 0.3) is 0 Å². The lowest BCUT2D eigenvalue weighted by Gasteiger charge is -2.35. The normalized spacial score (nSPS) is 21.0. The summed E-state index contributed by atoms with van der Waals surface area (Å²) in [7, 11) is 1.42. The molecule has 3 rings (SSSR count). The van der Waals surface area contributed by atoms with Gasteiger partial charge in [0.05, 0.1) is 26.0 Å². The summed E-state index contributed by atoms with van der Waals surface area (Å²) < 4.78 is 10.3. The number of nitrogens with two attached hydrogens (primary N) is 1. The molecule has 1 atom stereocenters. The monoisotopic (exact) mass is 347 g/mol. The number of hydrogen-bond acceptors (Lipinski definition) is 5. The predicted molar refractivity (Wildman–Crippen MR) is 99.1 cm³/mol. The fourth-order valence-corrected chi connectivity index (χ4v) is 3.82. The summed E-state index contributed by atoms with van der Waals surface area (Å²) in [6, 6.07) is 4.23. The van der Waals surface area contributed by atoms with Crippen molar-refractivity contribution >= 4 is 17.5 Å². The topological polar surface area (TPSA) is 68.0 Å². The SMILES string of the molecule is COC(=O)N1c2ccc(CCCN3CCOCC3)c(N)c2CC[C@@H]1C. The van der Waals surface area contributed by atoms with Crippen LogP contribution in [0.4, 0.5) is 16.2 Å². The summed E-state index contributed by atoms with van der Waals surface area (Å²) in [5.41, 5.74) is 10.5. The van der Waals surface area contributed by atoms with Crippen molar-refractivity contribution < 1.29 is 14.3 Å². The van der Waals surface area contributed by atoms with Crippen LogP contribution >= 0.6 is 0 Å². The van der Waals surface area contributed by atoms with Gasteiger partial charge in [-0.1, -0.05) is 6.07 Å². The average molecular weight is 347 g/mol. The molecule has 25 heavy (non-hydrogen) atoms. The lowest BCUT2D eigenvalue weighted by atomic mass is 9.92. The summed E-state index contributed by atoms with van der Waals surface area (Å²) in [6.45, 7) is 6.83. The van der Waals surface area contributed by atoms with Gasteiger partial charge < -0.3 is 15.2 Å². The van der Waals surface area contributed by atoms with Crippen molar-refractivity contribution in [2.24, 2.45) is 0 Å². The molecule has 2 aliphatic rings. The van der Waals surface area contributed by atoms with Crippen LogP contribution in [0, 0.1) is 0 Å². The number of morpholine rings is 1. The molecule has 138 valence electrons. The van der Waals surface area contributed by atoms with E-state index in [1.165, 1.54) is 12.7 Å². The first-order chi connectivity index (χ1) is 12.1. The lowest BCUT2D eigenvalue weighted by molar-refractivity contribution is 0.0375. The Bertz CT molecular complexity index is 614. The second kappa shape index (κ2) is 8.06. The zero-order valence-corrected chi connectivity index (χ0v) is 15.3. The highest BCUT2D eigenvalue weighted by Crippen LogP contribution is 2.36. The van der Waals surface area contributed by atoms with E-state index >= 15 is 0 Å². The van der Waals surface area contributed by atoms with E-state index in [-0.39, 0.29) is 12.1 Å². The summed E-state index contributed by atoms with van der Waals surface area (Å²) in [4.78, 5) is 16.3. The molecule has 0 aromatic heterocycles. The Morgan fingerprint density at radius 2 is 2.12 bits per heavy atom. The molecule has 2 aliphatic heterocycles. The van der Waals surface area contributed by atoms with E-state index < -0.39 is 0 Å². The number of benzene rings is 1. The van der Waals surface area contributed by atoms with E-state index in [1.807, 2.05) is 13.0 Å². The third kappa shape index (κ3) is 3.90. The van der Waals surface area contributed by atoms with Gasteiger partial charge in [-0.3, -0.25) is 9.80 Å². The van der Waals surface area contributed by atoms with Crippen molar-refractivity contribution in [3.8, 4) is 0 Å². The van der Waals surface area contributed by atoms with E-state index in [9.17, 15) is 4.79 Å².